The molecule has 0 amide bonds. The van der Waals surface area contributed by atoms with Crippen LogP contribution in [0.4, 0.5) is 0 Å². The average molecular weight is 228 g/mol. The van der Waals surface area contributed by atoms with Gasteiger partial charge in [-0.15, -0.1) is 0 Å². The number of ether oxygens (including phenoxy) is 2. The fourth-order valence-electron chi connectivity index (χ4n) is 2.51. The Balaban J connectivity index is 1.96. The molecular formula is C12H20O4. The molecule has 1 saturated carbocycles. The predicted octanol–water partition coefficient (Wildman–Crippen LogP) is 1.26. The van der Waals surface area contributed by atoms with Crippen LogP contribution in [0.2, 0.25) is 0 Å². The van der Waals surface area contributed by atoms with Crippen LogP contribution < -0.4 is 0 Å². The van der Waals surface area contributed by atoms with E-state index in [-0.39, 0.29) is 17.8 Å². The summed E-state index contributed by atoms with van der Waals surface area (Å²) in [4.78, 5) is 11.7. The number of ketones is 1. The van der Waals surface area contributed by atoms with Gasteiger partial charge in [-0.05, 0) is 26.7 Å². The number of aliphatic hydroxyl groups excluding tert-OH is 1. The second kappa shape index (κ2) is 4.43. The molecule has 4 nitrogen and oxygen atoms in total. The average Bonchev–Trinajstić information content (AvgIpc) is 2.59. The molecule has 0 aromatic carbocycles. The van der Waals surface area contributed by atoms with E-state index >= 15 is 0 Å². The number of aliphatic hydroxyl groups is 1. The highest BCUT2D eigenvalue weighted by molar-refractivity contribution is 5.82. The molecule has 0 unspecified atom stereocenters. The van der Waals surface area contributed by atoms with Crippen molar-refractivity contribution < 1.29 is 19.4 Å². The molecule has 4 heteroatoms. The number of Topliss-reactive ketones (excluding diaryl/α,β-unsaturated/α-hetero) is 1. The van der Waals surface area contributed by atoms with Gasteiger partial charge in [0.25, 0.3) is 0 Å². The highest BCUT2D eigenvalue weighted by Crippen LogP contribution is 2.31. The summed E-state index contributed by atoms with van der Waals surface area (Å²) < 4.78 is 11.0. The first-order valence-corrected chi connectivity index (χ1v) is 6.02. The van der Waals surface area contributed by atoms with Crippen LogP contribution in [0.1, 0.15) is 39.5 Å². The molecule has 1 N–H and O–H groups in total. The lowest BCUT2D eigenvalue weighted by Crippen LogP contribution is -2.41. The molecule has 1 heterocycles. The van der Waals surface area contributed by atoms with Crippen LogP contribution in [0.3, 0.4) is 0 Å². The van der Waals surface area contributed by atoms with Gasteiger partial charge in [-0.25, -0.2) is 0 Å². The molecule has 2 fully saturated rings. The van der Waals surface area contributed by atoms with Gasteiger partial charge in [0.2, 0.25) is 0 Å². The van der Waals surface area contributed by atoms with E-state index < -0.39 is 11.9 Å². The van der Waals surface area contributed by atoms with Gasteiger partial charge < -0.3 is 14.6 Å². The summed E-state index contributed by atoms with van der Waals surface area (Å²) in [6.07, 6.45) is 2.27. The summed E-state index contributed by atoms with van der Waals surface area (Å²) in [6.45, 7) is 4.02. The monoisotopic (exact) mass is 228 g/mol. The first kappa shape index (κ1) is 12.0. The quantitative estimate of drug-likeness (QED) is 0.773. The molecule has 3 atom stereocenters. The van der Waals surface area contributed by atoms with Gasteiger partial charge in [-0.2, -0.15) is 0 Å². The zero-order valence-corrected chi connectivity index (χ0v) is 9.94. The molecular weight excluding hydrogens is 208 g/mol. The van der Waals surface area contributed by atoms with E-state index in [0.717, 1.165) is 19.3 Å². The van der Waals surface area contributed by atoms with Gasteiger partial charge in [0.05, 0.1) is 12.7 Å². The second-order valence-corrected chi connectivity index (χ2v) is 5.18. The minimum absolute atomic E-state index is 0.173. The van der Waals surface area contributed by atoms with E-state index in [0.29, 0.717) is 13.0 Å². The third-order valence-electron chi connectivity index (χ3n) is 3.43. The van der Waals surface area contributed by atoms with E-state index in [4.69, 9.17) is 9.47 Å². The molecule has 0 aromatic heterocycles. The van der Waals surface area contributed by atoms with E-state index in [2.05, 4.69) is 0 Å². The molecule has 16 heavy (non-hydrogen) atoms. The third-order valence-corrected chi connectivity index (χ3v) is 3.43. The van der Waals surface area contributed by atoms with Crippen LogP contribution in [-0.2, 0) is 14.3 Å². The van der Waals surface area contributed by atoms with Gasteiger partial charge in [0.1, 0.15) is 11.9 Å². The van der Waals surface area contributed by atoms with Crippen LogP contribution in [0.5, 0.6) is 0 Å². The van der Waals surface area contributed by atoms with Crippen LogP contribution in [-0.4, -0.2) is 35.5 Å². The fraction of sp³-hybridized carbons (Fsp3) is 0.917. The Hall–Kier alpha value is -0.450. The van der Waals surface area contributed by atoms with Gasteiger partial charge in [0, 0.05) is 12.3 Å². The molecule has 92 valence electrons. The predicted molar refractivity (Wildman–Crippen MR) is 57.9 cm³/mol. The maximum Gasteiger partial charge on any atom is 0.163 e. The normalized spacial score (nSPS) is 36.3. The highest BCUT2D eigenvalue weighted by atomic mass is 16.7. The van der Waals surface area contributed by atoms with Crippen molar-refractivity contribution in [3.05, 3.63) is 0 Å². The van der Waals surface area contributed by atoms with Gasteiger partial charge in [-0.3, -0.25) is 4.79 Å². The molecule has 2 rings (SSSR count). The lowest BCUT2D eigenvalue weighted by molar-refractivity contribution is -0.160. The minimum atomic E-state index is -0.713. The molecule has 1 aliphatic heterocycles. The fourth-order valence-corrected chi connectivity index (χ4v) is 2.51. The Labute approximate surface area is 95.9 Å². The van der Waals surface area contributed by atoms with E-state index in [1.54, 1.807) is 0 Å². The highest BCUT2D eigenvalue weighted by Gasteiger charge is 2.42. The van der Waals surface area contributed by atoms with Crippen molar-refractivity contribution in [1.82, 2.24) is 0 Å². The molecule has 1 saturated heterocycles. The maximum atomic E-state index is 11.7. The number of hydrogen-bond donors (Lipinski definition) is 1. The van der Waals surface area contributed by atoms with Gasteiger partial charge >= 0.3 is 0 Å². The van der Waals surface area contributed by atoms with Crippen molar-refractivity contribution in [2.75, 3.05) is 6.61 Å². The maximum absolute atomic E-state index is 11.7. The second-order valence-electron chi connectivity index (χ2n) is 5.18. The smallest absolute Gasteiger partial charge is 0.163 e. The summed E-state index contributed by atoms with van der Waals surface area (Å²) in [6, 6.07) is 0. The van der Waals surface area contributed by atoms with Crippen molar-refractivity contribution in [3.8, 4) is 0 Å². The van der Waals surface area contributed by atoms with Crippen LogP contribution in [0.25, 0.3) is 0 Å². The number of hydrogen-bond acceptors (Lipinski definition) is 4. The van der Waals surface area contributed by atoms with Gasteiger partial charge in [-0.1, -0.05) is 6.42 Å². The van der Waals surface area contributed by atoms with Crippen molar-refractivity contribution >= 4 is 5.78 Å². The third kappa shape index (κ3) is 2.44. The van der Waals surface area contributed by atoms with Crippen molar-refractivity contribution in [2.45, 2.75) is 57.5 Å². The van der Waals surface area contributed by atoms with Crippen LogP contribution in [0.15, 0.2) is 0 Å². The number of carbonyl (C=O) groups is 1. The van der Waals surface area contributed by atoms with Crippen LogP contribution in [0, 0.1) is 5.92 Å². The Morgan fingerprint density at radius 3 is 2.75 bits per heavy atom. The summed E-state index contributed by atoms with van der Waals surface area (Å²) >= 11 is 0. The number of carbonyl (C=O) groups excluding carboxylic acids is 1. The Bertz CT molecular complexity index is 274. The first-order chi connectivity index (χ1) is 7.49. The summed E-state index contributed by atoms with van der Waals surface area (Å²) in [5, 5.41) is 10.2. The van der Waals surface area contributed by atoms with Crippen LogP contribution >= 0.6 is 0 Å². The molecule has 1 aliphatic carbocycles. The Morgan fingerprint density at radius 2 is 2.19 bits per heavy atom. The molecule has 0 aromatic rings. The zero-order chi connectivity index (χ0) is 11.8. The summed E-state index contributed by atoms with van der Waals surface area (Å²) in [5.41, 5.74) is 0. The van der Waals surface area contributed by atoms with E-state index in [1.807, 2.05) is 13.8 Å². The zero-order valence-electron chi connectivity index (χ0n) is 9.94. The van der Waals surface area contributed by atoms with E-state index in [1.165, 1.54) is 0 Å². The van der Waals surface area contributed by atoms with Crippen molar-refractivity contribution in [1.29, 1.82) is 0 Å². The van der Waals surface area contributed by atoms with Crippen molar-refractivity contribution in [2.24, 2.45) is 5.92 Å². The standard InChI is InChI=1S/C12H20O4/c1-12(2)15-7-10(16-12)11(14)8-5-3-4-6-9(8)13/h8,10-11,14H,3-7H2,1-2H3/t8-,10+,11-/m0/s1. The van der Waals surface area contributed by atoms with Gasteiger partial charge in [0.15, 0.2) is 5.79 Å². The molecule has 2 aliphatic rings. The lowest BCUT2D eigenvalue weighted by atomic mass is 9.82. The lowest BCUT2D eigenvalue weighted by Gasteiger charge is -2.29. The Kier molecular flexibility index (Phi) is 3.33. The topological polar surface area (TPSA) is 55.8 Å². The molecule has 0 bridgehead atoms. The molecule has 0 spiro atoms. The summed E-state index contributed by atoms with van der Waals surface area (Å²) in [5.74, 6) is -0.716. The van der Waals surface area contributed by atoms with Crippen molar-refractivity contribution in [3.63, 3.8) is 0 Å². The van der Waals surface area contributed by atoms with E-state index in [9.17, 15) is 9.90 Å². The minimum Gasteiger partial charge on any atom is -0.390 e. The molecule has 0 radical (unpaired) electrons. The number of rotatable bonds is 2. The first-order valence-electron chi connectivity index (χ1n) is 6.02. The summed E-state index contributed by atoms with van der Waals surface area (Å²) in [7, 11) is 0. The Morgan fingerprint density at radius 1 is 1.44 bits per heavy atom. The largest absolute Gasteiger partial charge is 0.390 e. The SMILES string of the molecule is CC1(C)OC[C@H]([C@@H](O)[C@H]2CCCCC2=O)O1.